The lowest BCUT2D eigenvalue weighted by Crippen LogP contribution is -2.47. The lowest BCUT2D eigenvalue weighted by molar-refractivity contribution is -0.136. The summed E-state index contributed by atoms with van der Waals surface area (Å²) in [6, 6.07) is 5.70. The number of alkyl halides is 4. The van der Waals surface area contributed by atoms with Crippen LogP contribution < -0.4 is 5.19 Å². The first-order valence-electron chi connectivity index (χ1n) is 4.52. The van der Waals surface area contributed by atoms with Crippen molar-refractivity contribution in [3.8, 4) is 0 Å². The molecule has 0 radical (unpaired) electrons. The zero-order valence-corrected chi connectivity index (χ0v) is 10.3. The number of benzene rings is 1. The zero-order valence-electron chi connectivity index (χ0n) is 8.53. The Kier molecular flexibility index (Phi) is 3.50. The first-order chi connectivity index (χ1) is 6.79. The molecule has 0 aliphatic rings. The smallest absolute Gasteiger partial charge is 0.166 e. The van der Waals surface area contributed by atoms with E-state index in [9.17, 15) is 13.2 Å². The Hall–Kier alpha value is -0.483. The summed E-state index contributed by atoms with van der Waals surface area (Å²) in [7, 11) is -2.16. The largest absolute Gasteiger partial charge is 0.416 e. The zero-order chi connectivity index (χ0) is 11.7. The molecule has 0 aliphatic carbocycles. The van der Waals surface area contributed by atoms with Gasteiger partial charge in [-0.1, -0.05) is 37.4 Å². The topological polar surface area (TPSA) is 0 Å². The quantitative estimate of drug-likeness (QED) is 0.559. The molecule has 0 amide bonds. The van der Waals surface area contributed by atoms with E-state index in [-0.39, 0.29) is 0 Å². The third kappa shape index (κ3) is 2.75. The normalized spacial score (nSPS) is 12.9. The van der Waals surface area contributed by atoms with Gasteiger partial charge in [0.05, 0.1) is 13.6 Å². The van der Waals surface area contributed by atoms with Crippen molar-refractivity contribution in [2.45, 2.75) is 19.3 Å². The molecule has 0 aromatic heterocycles. The third-order valence-electron chi connectivity index (χ3n) is 2.30. The molecule has 0 N–H and O–H groups in total. The summed E-state index contributed by atoms with van der Waals surface area (Å²) in [5, 5.41) is 0.382. The molecule has 0 saturated heterocycles. The predicted molar refractivity (Wildman–Crippen MR) is 59.3 cm³/mol. The Labute approximate surface area is 93.1 Å². The van der Waals surface area contributed by atoms with E-state index in [2.05, 4.69) is 0 Å². The Morgan fingerprint density at radius 2 is 1.73 bits per heavy atom. The molecular formula is C10H12ClF3Si. The molecular weight excluding hydrogens is 241 g/mol. The van der Waals surface area contributed by atoms with E-state index in [1.807, 2.05) is 13.1 Å². The van der Waals surface area contributed by atoms with Crippen molar-refractivity contribution >= 4 is 24.9 Å². The van der Waals surface area contributed by atoms with Crippen LogP contribution in [0.2, 0.25) is 13.1 Å². The van der Waals surface area contributed by atoms with E-state index in [1.54, 1.807) is 6.07 Å². The standard InChI is InChI=1S/C10H12ClF3Si/c1-15(2,7-11)9-6-4-3-5-8(9)10(12,13)14/h3-6H,7H2,1-2H3. The molecule has 0 fully saturated rings. The van der Waals surface area contributed by atoms with Crippen molar-refractivity contribution in [1.82, 2.24) is 0 Å². The molecule has 0 heterocycles. The highest BCUT2D eigenvalue weighted by molar-refractivity contribution is 6.94. The fraction of sp³-hybridized carbons (Fsp3) is 0.400. The van der Waals surface area contributed by atoms with Gasteiger partial charge in [-0.05, 0) is 5.19 Å². The Morgan fingerprint density at radius 3 is 2.20 bits per heavy atom. The number of halogens is 4. The van der Waals surface area contributed by atoms with Gasteiger partial charge in [0.25, 0.3) is 0 Å². The van der Waals surface area contributed by atoms with Gasteiger partial charge in [-0.3, -0.25) is 0 Å². The number of hydrogen-bond donors (Lipinski definition) is 0. The van der Waals surface area contributed by atoms with Gasteiger partial charge in [0, 0.05) is 5.50 Å². The fourth-order valence-electron chi connectivity index (χ4n) is 1.39. The van der Waals surface area contributed by atoms with Crippen molar-refractivity contribution < 1.29 is 13.2 Å². The molecule has 0 aliphatic heterocycles. The van der Waals surface area contributed by atoms with Crippen LogP contribution in [-0.2, 0) is 6.18 Å². The molecule has 1 aromatic rings. The monoisotopic (exact) mass is 252 g/mol. The maximum Gasteiger partial charge on any atom is 0.416 e. The van der Waals surface area contributed by atoms with E-state index in [0.717, 1.165) is 6.07 Å². The van der Waals surface area contributed by atoms with E-state index in [0.29, 0.717) is 10.7 Å². The van der Waals surface area contributed by atoms with Crippen molar-refractivity contribution in [2.75, 3.05) is 5.50 Å². The highest BCUT2D eigenvalue weighted by Crippen LogP contribution is 2.29. The van der Waals surface area contributed by atoms with Crippen molar-refractivity contribution in [3.63, 3.8) is 0 Å². The van der Waals surface area contributed by atoms with Crippen molar-refractivity contribution in [1.29, 1.82) is 0 Å². The molecule has 1 aromatic carbocycles. The minimum atomic E-state index is -4.28. The lowest BCUT2D eigenvalue weighted by Gasteiger charge is -2.24. The van der Waals surface area contributed by atoms with Crippen LogP contribution in [0.4, 0.5) is 13.2 Å². The second-order valence-corrected chi connectivity index (χ2v) is 9.44. The van der Waals surface area contributed by atoms with E-state index >= 15 is 0 Å². The molecule has 5 heteroatoms. The highest BCUT2D eigenvalue weighted by atomic mass is 35.5. The van der Waals surface area contributed by atoms with Crippen LogP contribution in [-0.4, -0.2) is 13.6 Å². The third-order valence-corrected chi connectivity index (χ3v) is 6.86. The van der Waals surface area contributed by atoms with Gasteiger partial charge in [0.15, 0.2) is 0 Å². The van der Waals surface area contributed by atoms with Crippen LogP contribution in [0.15, 0.2) is 24.3 Å². The molecule has 0 atom stereocenters. The van der Waals surface area contributed by atoms with Gasteiger partial charge in [-0.15, -0.1) is 11.6 Å². The van der Waals surface area contributed by atoms with Gasteiger partial charge in [-0.25, -0.2) is 0 Å². The summed E-state index contributed by atoms with van der Waals surface area (Å²) in [6.45, 7) is 3.68. The van der Waals surface area contributed by atoms with Crippen LogP contribution in [0.25, 0.3) is 0 Å². The summed E-state index contributed by atoms with van der Waals surface area (Å²) in [5.41, 5.74) is -0.248. The lowest BCUT2D eigenvalue weighted by atomic mass is 10.2. The van der Waals surface area contributed by atoms with E-state index in [4.69, 9.17) is 11.6 Å². The second-order valence-electron chi connectivity index (χ2n) is 4.06. The second kappa shape index (κ2) is 4.18. The van der Waals surface area contributed by atoms with Gasteiger partial charge < -0.3 is 0 Å². The average Bonchev–Trinajstić information content (AvgIpc) is 2.16. The first kappa shape index (κ1) is 12.6. The molecule has 0 bridgehead atoms. The van der Waals surface area contributed by atoms with Gasteiger partial charge in [0.2, 0.25) is 0 Å². The molecule has 0 spiro atoms. The molecule has 15 heavy (non-hydrogen) atoms. The minimum Gasteiger partial charge on any atom is -0.166 e. The van der Waals surface area contributed by atoms with Gasteiger partial charge in [-0.2, -0.15) is 13.2 Å². The van der Waals surface area contributed by atoms with E-state index in [1.165, 1.54) is 12.1 Å². The van der Waals surface area contributed by atoms with Crippen LogP contribution in [0.1, 0.15) is 5.56 Å². The van der Waals surface area contributed by atoms with Crippen LogP contribution in [0, 0.1) is 0 Å². The van der Waals surface area contributed by atoms with Crippen LogP contribution in [0.3, 0.4) is 0 Å². The van der Waals surface area contributed by atoms with Gasteiger partial charge in [0.1, 0.15) is 0 Å². The summed E-state index contributed by atoms with van der Waals surface area (Å²) in [6.07, 6.45) is -4.28. The first-order valence-corrected chi connectivity index (χ1v) is 8.26. The molecule has 1 rings (SSSR count). The Bertz CT molecular complexity index is 347. The van der Waals surface area contributed by atoms with Crippen molar-refractivity contribution in [3.05, 3.63) is 29.8 Å². The molecule has 84 valence electrons. The predicted octanol–water partition coefficient (Wildman–Crippen LogP) is 3.40. The average molecular weight is 253 g/mol. The number of rotatable bonds is 2. The van der Waals surface area contributed by atoms with Gasteiger partial charge >= 0.3 is 6.18 Å². The summed E-state index contributed by atoms with van der Waals surface area (Å²) < 4.78 is 38.1. The Balaban J connectivity index is 3.31. The maximum atomic E-state index is 12.7. The molecule has 0 saturated carbocycles. The number of hydrogen-bond acceptors (Lipinski definition) is 0. The van der Waals surface area contributed by atoms with Crippen LogP contribution >= 0.6 is 11.6 Å². The molecule has 0 nitrogen and oxygen atoms in total. The Morgan fingerprint density at radius 1 is 1.20 bits per heavy atom. The minimum absolute atomic E-state index is 0.292. The van der Waals surface area contributed by atoms with Crippen LogP contribution in [0.5, 0.6) is 0 Å². The highest BCUT2D eigenvalue weighted by Gasteiger charge is 2.37. The maximum absolute atomic E-state index is 12.7. The van der Waals surface area contributed by atoms with Crippen molar-refractivity contribution in [2.24, 2.45) is 0 Å². The summed E-state index contributed by atoms with van der Waals surface area (Å²) in [4.78, 5) is 0. The van der Waals surface area contributed by atoms with E-state index < -0.39 is 19.8 Å². The SMILES string of the molecule is C[Si](C)(CCl)c1ccccc1C(F)(F)F. The molecule has 0 unspecified atom stereocenters. The summed E-state index contributed by atoms with van der Waals surface area (Å²) in [5.74, 6) is 0. The summed E-state index contributed by atoms with van der Waals surface area (Å²) >= 11 is 5.74. The fourth-order valence-corrected chi connectivity index (χ4v) is 3.47.